The third-order valence-corrected chi connectivity index (χ3v) is 2.68. The minimum Gasteiger partial charge on any atom is -0.491 e. The molecule has 0 heterocycles. The SMILES string of the molecule is CCOc1ccc(C(F)(F)F)c(SC)c1F. The van der Waals surface area contributed by atoms with Crippen molar-refractivity contribution < 1.29 is 22.3 Å². The van der Waals surface area contributed by atoms with Crippen LogP contribution in [0.3, 0.4) is 0 Å². The number of hydrogen-bond acceptors (Lipinski definition) is 2. The van der Waals surface area contributed by atoms with Gasteiger partial charge in [0.1, 0.15) is 0 Å². The van der Waals surface area contributed by atoms with E-state index in [2.05, 4.69) is 0 Å². The van der Waals surface area contributed by atoms with Crippen LogP contribution in [-0.4, -0.2) is 12.9 Å². The summed E-state index contributed by atoms with van der Waals surface area (Å²) in [7, 11) is 0. The molecule has 0 atom stereocenters. The van der Waals surface area contributed by atoms with Gasteiger partial charge in [-0.3, -0.25) is 0 Å². The van der Waals surface area contributed by atoms with E-state index in [1.165, 1.54) is 6.26 Å². The first-order chi connectivity index (χ1) is 7.41. The lowest BCUT2D eigenvalue weighted by atomic mass is 10.2. The Hall–Kier alpha value is -0.910. The maximum Gasteiger partial charge on any atom is 0.417 e. The van der Waals surface area contributed by atoms with E-state index in [-0.39, 0.29) is 12.4 Å². The van der Waals surface area contributed by atoms with Crippen molar-refractivity contribution in [2.24, 2.45) is 0 Å². The van der Waals surface area contributed by atoms with Gasteiger partial charge in [-0.05, 0) is 25.3 Å². The molecule has 0 saturated carbocycles. The fourth-order valence-corrected chi connectivity index (χ4v) is 1.91. The van der Waals surface area contributed by atoms with E-state index in [1.54, 1.807) is 6.92 Å². The normalized spacial score (nSPS) is 11.6. The molecule has 1 nitrogen and oxygen atoms in total. The summed E-state index contributed by atoms with van der Waals surface area (Å²) in [6.07, 6.45) is -3.16. The van der Waals surface area contributed by atoms with Crippen LogP contribution in [0.1, 0.15) is 12.5 Å². The summed E-state index contributed by atoms with van der Waals surface area (Å²) in [5.41, 5.74) is -0.971. The molecule has 0 amide bonds. The van der Waals surface area contributed by atoms with Crippen molar-refractivity contribution in [3.05, 3.63) is 23.5 Å². The average molecular weight is 254 g/mol. The number of ether oxygens (including phenoxy) is 1. The zero-order chi connectivity index (χ0) is 12.3. The highest BCUT2D eigenvalue weighted by atomic mass is 32.2. The summed E-state index contributed by atoms with van der Waals surface area (Å²) in [6, 6.07) is 1.83. The van der Waals surface area contributed by atoms with Gasteiger partial charge in [0.2, 0.25) is 0 Å². The largest absolute Gasteiger partial charge is 0.491 e. The van der Waals surface area contributed by atoms with E-state index < -0.39 is 22.5 Å². The Morgan fingerprint density at radius 3 is 2.38 bits per heavy atom. The van der Waals surface area contributed by atoms with E-state index in [0.717, 1.165) is 12.1 Å². The summed E-state index contributed by atoms with van der Waals surface area (Å²) in [6.45, 7) is 1.84. The van der Waals surface area contributed by atoms with Gasteiger partial charge in [-0.2, -0.15) is 13.2 Å². The third-order valence-electron chi connectivity index (χ3n) is 1.87. The van der Waals surface area contributed by atoms with Gasteiger partial charge < -0.3 is 4.74 Å². The Labute approximate surface area is 94.8 Å². The number of rotatable bonds is 3. The molecule has 1 aromatic rings. The molecule has 0 fully saturated rings. The topological polar surface area (TPSA) is 9.23 Å². The van der Waals surface area contributed by atoms with Crippen LogP contribution in [0.25, 0.3) is 0 Å². The lowest BCUT2D eigenvalue weighted by molar-refractivity contribution is -0.140. The Kier molecular flexibility index (Phi) is 4.07. The monoisotopic (exact) mass is 254 g/mol. The van der Waals surface area contributed by atoms with Crippen LogP contribution in [0.4, 0.5) is 17.6 Å². The Morgan fingerprint density at radius 1 is 1.31 bits per heavy atom. The second-order valence-electron chi connectivity index (χ2n) is 2.89. The summed E-state index contributed by atoms with van der Waals surface area (Å²) in [5, 5.41) is 0. The molecule has 1 aromatic carbocycles. The van der Waals surface area contributed by atoms with Gasteiger partial charge >= 0.3 is 6.18 Å². The smallest absolute Gasteiger partial charge is 0.417 e. The lowest BCUT2D eigenvalue weighted by Crippen LogP contribution is -2.09. The average Bonchev–Trinajstić information content (AvgIpc) is 2.19. The van der Waals surface area contributed by atoms with Crippen LogP contribution < -0.4 is 4.74 Å². The Balaban J connectivity index is 3.29. The van der Waals surface area contributed by atoms with E-state index in [4.69, 9.17) is 4.74 Å². The van der Waals surface area contributed by atoms with Crippen molar-refractivity contribution in [2.45, 2.75) is 18.0 Å². The van der Waals surface area contributed by atoms with E-state index in [0.29, 0.717) is 11.8 Å². The maximum absolute atomic E-state index is 13.6. The highest BCUT2D eigenvalue weighted by Gasteiger charge is 2.35. The fourth-order valence-electron chi connectivity index (χ4n) is 1.23. The van der Waals surface area contributed by atoms with Crippen LogP contribution in [0, 0.1) is 5.82 Å². The highest BCUT2D eigenvalue weighted by molar-refractivity contribution is 7.98. The Bertz CT molecular complexity index is 376. The predicted octanol–water partition coefficient (Wildman–Crippen LogP) is 3.97. The molecule has 0 aliphatic carbocycles. The molecule has 0 saturated heterocycles. The molecule has 6 heteroatoms. The van der Waals surface area contributed by atoms with E-state index in [1.807, 2.05) is 0 Å². The fraction of sp³-hybridized carbons (Fsp3) is 0.400. The first kappa shape index (κ1) is 13.2. The van der Waals surface area contributed by atoms with Gasteiger partial charge in [-0.15, -0.1) is 11.8 Å². The van der Waals surface area contributed by atoms with Crippen molar-refractivity contribution in [2.75, 3.05) is 12.9 Å². The molecule has 0 spiro atoms. The molecule has 0 N–H and O–H groups in total. The van der Waals surface area contributed by atoms with Crippen LogP contribution >= 0.6 is 11.8 Å². The Morgan fingerprint density at radius 2 is 1.94 bits per heavy atom. The second kappa shape index (κ2) is 4.95. The van der Waals surface area contributed by atoms with Crippen molar-refractivity contribution in [3.8, 4) is 5.75 Å². The van der Waals surface area contributed by atoms with Gasteiger partial charge in [0.25, 0.3) is 0 Å². The van der Waals surface area contributed by atoms with Crippen molar-refractivity contribution in [3.63, 3.8) is 0 Å². The van der Waals surface area contributed by atoms with Gasteiger partial charge in [-0.25, -0.2) is 4.39 Å². The molecular weight excluding hydrogens is 244 g/mol. The van der Waals surface area contributed by atoms with Crippen LogP contribution in [0.15, 0.2) is 17.0 Å². The van der Waals surface area contributed by atoms with Crippen molar-refractivity contribution in [1.29, 1.82) is 0 Å². The first-order valence-corrected chi connectivity index (χ1v) is 5.70. The first-order valence-electron chi connectivity index (χ1n) is 4.48. The van der Waals surface area contributed by atoms with Crippen molar-refractivity contribution in [1.82, 2.24) is 0 Å². The van der Waals surface area contributed by atoms with Gasteiger partial charge in [0, 0.05) is 0 Å². The van der Waals surface area contributed by atoms with E-state index >= 15 is 0 Å². The zero-order valence-electron chi connectivity index (χ0n) is 8.69. The minimum atomic E-state index is -4.55. The van der Waals surface area contributed by atoms with Gasteiger partial charge in [0.05, 0.1) is 17.1 Å². The number of benzene rings is 1. The molecular formula is C10H10F4OS. The second-order valence-corrected chi connectivity index (χ2v) is 3.71. The third kappa shape index (κ3) is 2.61. The number of hydrogen-bond donors (Lipinski definition) is 0. The van der Waals surface area contributed by atoms with Gasteiger partial charge in [0.15, 0.2) is 11.6 Å². The molecule has 1 rings (SSSR count). The molecule has 90 valence electrons. The number of halogens is 4. The molecule has 0 unspecified atom stereocenters. The summed E-state index contributed by atoms with van der Waals surface area (Å²) < 4.78 is 56.0. The predicted molar refractivity (Wildman–Crippen MR) is 54.4 cm³/mol. The summed E-state index contributed by atoms with van der Waals surface area (Å²) >= 11 is 0.714. The van der Waals surface area contributed by atoms with Gasteiger partial charge in [-0.1, -0.05) is 0 Å². The van der Waals surface area contributed by atoms with Crippen LogP contribution in [0.5, 0.6) is 5.75 Å². The standard InChI is InChI=1S/C10H10F4OS/c1-3-15-7-5-4-6(10(12,13)14)9(16-2)8(7)11/h4-5H,3H2,1-2H3. The molecule has 0 aliphatic rings. The van der Waals surface area contributed by atoms with Crippen LogP contribution in [0.2, 0.25) is 0 Å². The quantitative estimate of drug-likeness (QED) is 0.596. The highest BCUT2D eigenvalue weighted by Crippen LogP contribution is 2.40. The number of alkyl halides is 3. The maximum atomic E-state index is 13.6. The molecule has 0 aliphatic heterocycles. The van der Waals surface area contributed by atoms with Crippen LogP contribution in [-0.2, 0) is 6.18 Å². The molecule has 16 heavy (non-hydrogen) atoms. The van der Waals surface area contributed by atoms with E-state index in [9.17, 15) is 17.6 Å². The summed E-state index contributed by atoms with van der Waals surface area (Å²) in [4.78, 5) is -0.432. The molecule has 0 aromatic heterocycles. The zero-order valence-corrected chi connectivity index (χ0v) is 9.51. The lowest BCUT2D eigenvalue weighted by Gasteiger charge is -2.14. The summed E-state index contributed by atoms with van der Waals surface area (Å²) in [5.74, 6) is -1.11. The minimum absolute atomic E-state index is 0.153. The molecule has 0 bridgehead atoms. The number of thioether (sulfide) groups is 1. The molecule has 0 radical (unpaired) electrons. The van der Waals surface area contributed by atoms with Crippen molar-refractivity contribution >= 4 is 11.8 Å².